The topological polar surface area (TPSA) is 32.8 Å². The summed E-state index contributed by atoms with van der Waals surface area (Å²) in [6.07, 6.45) is 5.35. The number of hydrogen-bond acceptors (Lipinski definition) is 4. The van der Waals surface area contributed by atoms with E-state index in [1.165, 1.54) is 11.1 Å². The molecule has 2 aromatic rings. The molecule has 0 bridgehead atoms. The summed E-state index contributed by atoms with van der Waals surface area (Å²) < 4.78 is 6.02. The number of nitrogens with zero attached hydrogens (tertiary/aromatic N) is 2. The first-order valence-electron chi connectivity index (χ1n) is 11.7. The molecule has 1 aliphatic heterocycles. The molecule has 0 radical (unpaired) electrons. The lowest BCUT2D eigenvalue weighted by Crippen LogP contribution is -2.54. The van der Waals surface area contributed by atoms with Crippen LogP contribution in [0.4, 0.5) is 0 Å². The van der Waals surface area contributed by atoms with E-state index in [4.69, 9.17) is 4.74 Å². The number of benzene rings is 2. The summed E-state index contributed by atoms with van der Waals surface area (Å²) in [5.74, 6) is 0.303. The van der Waals surface area contributed by atoms with Crippen molar-refractivity contribution in [1.29, 1.82) is 0 Å². The van der Waals surface area contributed by atoms with Gasteiger partial charge in [-0.1, -0.05) is 67.1 Å². The molecule has 2 aromatic carbocycles. The Hall–Kier alpha value is -2.01. The first-order chi connectivity index (χ1) is 15.2. The van der Waals surface area contributed by atoms with Gasteiger partial charge in [0.15, 0.2) is 0 Å². The van der Waals surface area contributed by atoms with Crippen LogP contribution < -0.4 is 0 Å². The second-order valence-corrected chi connectivity index (χ2v) is 8.82. The van der Waals surface area contributed by atoms with Gasteiger partial charge < -0.3 is 14.4 Å². The smallest absolute Gasteiger partial charge is 0.129 e. The molecule has 0 N–H and O–H groups in total. The molecule has 1 fully saturated rings. The third-order valence-electron chi connectivity index (χ3n) is 6.34. The Morgan fingerprint density at radius 1 is 0.968 bits per heavy atom. The summed E-state index contributed by atoms with van der Waals surface area (Å²) in [6.45, 7) is 6.74. The number of carbonyl (C=O) groups excluding carboxylic acids is 1. The molecule has 0 spiro atoms. The van der Waals surface area contributed by atoms with Crippen molar-refractivity contribution in [2.45, 2.75) is 64.3 Å². The van der Waals surface area contributed by atoms with Gasteiger partial charge in [0.25, 0.3) is 0 Å². The van der Waals surface area contributed by atoms with Crippen molar-refractivity contribution in [3.05, 3.63) is 71.8 Å². The van der Waals surface area contributed by atoms with E-state index in [0.717, 1.165) is 64.8 Å². The van der Waals surface area contributed by atoms with Crippen molar-refractivity contribution in [3.63, 3.8) is 0 Å². The molecule has 2 atom stereocenters. The fourth-order valence-electron chi connectivity index (χ4n) is 4.63. The first kappa shape index (κ1) is 23.6. The van der Waals surface area contributed by atoms with Gasteiger partial charge in [-0.15, -0.1) is 0 Å². The van der Waals surface area contributed by atoms with E-state index in [-0.39, 0.29) is 6.10 Å². The monoisotopic (exact) mass is 422 g/mol. The number of ketones is 1. The van der Waals surface area contributed by atoms with Crippen molar-refractivity contribution >= 4 is 5.78 Å². The lowest BCUT2D eigenvalue weighted by Gasteiger charge is -2.43. The predicted molar refractivity (Wildman–Crippen MR) is 127 cm³/mol. The normalized spacial score (nSPS) is 19.6. The molecule has 0 aliphatic carbocycles. The van der Waals surface area contributed by atoms with Gasteiger partial charge in [-0.05, 0) is 50.4 Å². The van der Waals surface area contributed by atoms with E-state index >= 15 is 0 Å². The minimum atomic E-state index is 0.207. The number of piperidine rings is 1. The van der Waals surface area contributed by atoms with Gasteiger partial charge in [0.1, 0.15) is 5.78 Å². The minimum Gasteiger partial charge on any atom is -0.378 e. The molecular weight excluding hydrogens is 384 g/mol. The van der Waals surface area contributed by atoms with Gasteiger partial charge in [0.05, 0.1) is 6.10 Å². The number of methoxy groups -OCH3 is 1. The minimum absolute atomic E-state index is 0.207. The number of likely N-dealkylation sites (tertiary alicyclic amines) is 1. The lowest BCUT2D eigenvalue weighted by atomic mass is 9.97. The highest BCUT2D eigenvalue weighted by atomic mass is 16.5. The van der Waals surface area contributed by atoms with Crippen molar-refractivity contribution < 1.29 is 9.53 Å². The van der Waals surface area contributed by atoms with Gasteiger partial charge in [-0.25, -0.2) is 0 Å². The maximum Gasteiger partial charge on any atom is 0.129 e. The SMILES string of the molecule is CO[C@H]1CN(CCCCCC(C)=O)CC[C@H]1N(Cc1ccccc1)Cc1ccccc1. The van der Waals surface area contributed by atoms with Crippen LogP contribution in [0.3, 0.4) is 0 Å². The molecule has 3 rings (SSSR count). The molecule has 1 saturated heterocycles. The molecule has 1 heterocycles. The van der Waals surface area contributed by atoms with Crippen molar-refractivity contribution in [2.24, 2.45) is 0 Å². The van der Waals surface area contributed by atoms with Gasteiger partial charge in [0, 0.05) is 39.2 Å². The van der Waals surface area contributed by atoms with E-state index < -0.39 is 0 Å². The fraction of sp³-hybridized carbons (Fsp3) is 0.519. The molecule has 4 heteroatoms. The van der Waals surface area contributed by atoms with Gasteiger partial charge in [0.2, 0.25) is 0 Å². The number of rotatable bonds is 12. The zero-order valence-corrected chi connectivity index (χ0v) is 19.2. The van der Waals surface area contributed by atoms with Crippen LogP contribution in [0, 0.1) is 0 Å². The largest absolute Gasteiger partial charge is 0.378 e. The van der Waals surface area contributed by atoms with Crippen LogP contribution in [0.15, 0.2) is 60.7 Å². The Morgan fingerprint density at radius 3 is 2.13 bits per heavy atom. The Morgan fingerprint density at radius 2 is 1.58 bits per heavy atom. The number of Topliss-reactive ketones (excluding diaryl/α,β-unsaturated/α-hetero) is 1. The van der Waals surface area contributed by atoms with Crippen LogP contribution in [0.2, 0.25) is 0 Å². The Balaban J connectivity index is 1.61. The Bertz CT molecular complexity index is 724. The number of unbranched alkanes of at least 4 members (excludes halogenated alkanes) is 2. The van der Waals surface area contributed by atoms with Gasteiger partial charge >= 0.3 is 0 Å². The molecule has 4 nitrogen and oxygen atoms in total. The molecule has 0 unspecified atom stereocenters. The Kier molecular flexibility index (Phi) is 9.73. The third-order valence-corrected chi connectivity index (χ3v) is 6.34. The fourth-order valence-corrected chi connectivity index (χ4v) is 4.63. The van der Waals surface area contributed by atoms with Gasteiger partial charge in [-0.2, -0.15) is 0 Å². The van der Waals surface area contributed by atoms with Crippen LogP contribution >= 0.6 is 0 Å². The maximum absolute atomic E-state index is 11.1. The summed E-state index contributed by atoms with van der Waals surface area (Å²) in [4.78, 5) is 16.3. The summed E-state index contributed by atoms with van der Waals surface area (Å²) in [6, 6.07) is 21.9. The second-order valence-electron chi connectivity index (χ2n) is 8.82. The van der Waals surface area contributed by atoms with E-state index in [0.29, 0.717) is 11.8 Å². The van der Waals surface area contributed by atoms with Crippen molar-refractivity contribution in [1.82, 2.24) is 9.80 Å². The summed E-state index contributed by atoms with van der Waals surface area (Å²) >= 11 is 0. The van der Waals surface area contributed by atoms with Crippen LogP contribution in [0.25, 0.3) is 0 Å². The molecule has 0 aromatic heterocycles. The maximum atomic E-state index is 11.1. The highest BCUT2D eigenvalue weighted by Gasteiger charge is 2.33. The average molecular weight is 423 g/mol. The van der Waals surface area contributed by atoms with Crippen molar-refractivity contribution in [2.75, 3.05) is 26.7 Å². The third kappa shape index (κ3) is 7.88. The average Bonchev–Trinajstić information content (AvgIpc) is 2.79. The predicted octanol–water partition coefficient (Wildman–Crippen LogP) is 4.93. The summed E-state index contributed by atoms with van der Waals surface area (Å²) in [7, 11) is 1.86. The van der Waals surface area contributed by atoms with Gasteiger partial charge in [-0.3, -0.25) is 4.90 Å². The van der Waals surface area contributed by atoms with Crippen LogP contribution in [0.1, 0.15) is 50.2 Å². The van der Waals surface area contributed by atoms with E-state index in [1.54, 1.807) is 6.92 Å². The van der Waals surface area contributed by atoms with E-state index in [1.807, 2.05) is 7.11 Å². The van der Waals surface area contributed by atoms with E-state index in [2.05, 4.69) is 70.5 Å². The second kappa shape index (κ2) is 12.7. The lowest BCUT2D eigenvalue weighted by molar-refractivity contribution is -0.117. The number of carbonyl (C=O) groups is 1. The van der Waals surface area contributed by atoms with E-state index in [9.17, 15) is 4.79 Å². The summed E-state index contributed by atoms with van der Waals surface area (Å²) in [5.41, 5.74) is 2.70. The summed E-state index contributed by atoms with van der Waals surface area (Å²) in [5, 5.41) is 0. The molecule has 0 saturated carbocycles. The molecule has 31 heavy (non-hydrogen) atoms. The quantitative estimate of drug-likeness (QED) is 0.454. The molecular formula is C27H38N2O2. The number of ether oxygens (including phenoxy) is 1. The van der Waals surface area contributed by atoms with Crippen molar-refractivity contribution in [3.8, 4) is 0 Å². The van der Waals surface area contributed by atoms with Crippen LogP contribution in [0.5, 0.6) is 0 Å². The van der Waals surface area contributed by atoms with Crippen LogP contribution in [-0.2, 0) is 22.6 Å². The highest BCUT2D eigenvalue weighted by molar-refractivity contribution is 5.75. The molecule has 168 valence electrons. The first-order valence-corrected chi connectivity index (χ1v) is 11.7. The zero-order chi connectivity index (χ0) is 21.9. The Labute approximate surface area is 188 Å². The standard InChI is InChI=1S/C27H38N2O2/c1-23(30)12-6-5-11-18-28-19-17-26(27(22-28)31-2)29(20-24-13-7-3-8-14-24)21-25-15-9-4-10-16-25/h3-4,7-10,13-16,26-27H,5-6,11-12,17-22H2,1-2H3/t26-,27+/m1/s1. The molecule has 0 amide bonds. The highest BCUT2D eigenvalue weighted by Crippen LogP contribution is 2.24. The molecule has 1 aliphatic rings. The van der Waals surface area contributed by atoms with Crippen LogP contribution in [-0.4, -0.2) is 54.5 Å². The zero-order valence-electron chi connectivity index (χ0n) is 19.2. The number of hydrogen-bond donors (Lipinski definition) is 0.